The van der Waals surface area contributed by atoms with Crippen LogP contribution in [-0.2, 0) is 0 Å². The molecular weight excluding hydrogens is 307 g/mol. The van der Waals surface area contributed by atoms with E-state index in [2.05, 4.69) is 4.98 Å². The lowest BCUT2D eigenvalue weighted by molar-refractivity contribution is 0.0966. The number of pyridine rings is 1. The molecular formula is C19H15FN2O2. The number of halogens is 1. The third kappa shape index (κ3) is 2.12. The van der Waals surface area contributed by atoms with Gasteiger partial charge in [0.2, 0.25) is 0 Å². The first kappa shape index (κ1) is 14.6. The number of hydrogen-bond acceptors (Lipinski definition) is 3. The Morgan fingerprint density at radius 3 is 2.96 bits per heavy atom. The van der Waals surface area contributed by atoms with Gasteiger partial charge in [-0.05, 0) is 50.3 Å². The summed E-state index contributed by atoms with van der Waals surface area (Å²) in [5, 5.41) is 0.509. The van der Waals surface area contributed by atoms with Crippen LogP contribution in [0, 0.1) is 5.82 Å². The van der Waals surface area contributed by atoms with Gasteiger partial charge in [0, 0.05) is 11.6 Å². The van der Waals surface area contributed by atoms with E-state index in [1.54, 1.807) is 22.9 Å². The normalized spacial score (nSPS) is 12.2. The molecule has 0 spiro atoms. The Labute approximate surface area is 138 Å². The lowest BCUT2D eigenvalue weighted by Gasteiger charge is -2.12. The minimum absolute atomic E-state index is 0.198. The molecule has 5 heteroatoms. The number of rotatable bonds is 3. The van der Waals surface area contributed by atoms with Gasteiger partial charge in [-0.3, -0.25) is 9.36 Å². The van der Waals surface area contributed by atoms with E-state index in [0.717, 1.165) is 11.3 Å². The highest BCUT2D eigenvalue weighted by atomic mass is 19.1. The monoisotopic (exact) mass is 322 g/mol. The Morgan fingerprint density at radius 2 is 2.17 bits per heavy atom. The SMILES string of the molecule is CC(C)=CCOc1c2c(nc3ccc(F)cc13)-c1cccn1C2=O. The van der Waals surface area contributed by atoms with E-state index in [-0.39, 0.29) is 11.7 Å². The lowest BCUT2D eigenvalue weighted by Crippen LogP contribution is -2.08. The first-order valence-corrected chi connectivity index (χ1v) is 7.68. The maximum absolute atomic E-state index is 13.7. The molecule has 0 fully saturated rings. The van der Waals surface area contributed by atoms with Crippen molar-refractivity contribution in [2.24, 2.45) is 0 Å². The van der Waals surface area contributed by atoms with Crippen molar-refractivity contribution in [2.75, 3.05) is 6.61 Å². The van der Waals surface area contributed by atoms with Gasteiger partial charge in [-0.15, -0.1) is 0 Å². The third-order valence-corrected chi connectivity index (χ3v) is 4.04. The summed E-state index contributed by atoms with van der Waals surface area (Å²) in [7, 11) is 0. The Kier molecular flexibility index (Phi) is 3.23. The molecule has 3 heterocycles. The van der Waals surface area contributed by atoms with Crippen LogP contribution in [0.4, 0.5) is 4.39 Å². The van der Waals surface area contributed by atoms with E-state index in [4.69, 9.17) is 4.74 Å². The lowest BCUT2D eigenvalue weighted by atomic mass is 10.1. The fourth-order valence-corrected chi connectivity index (χ4v) is 2.90. The molecule has 0 aliphatic carbocycles. The van der Waals surface area contributed by atoms with Gasteiger partial charge in [-0.1, -0.05) is 5.57 Å². The second-order valence-corrected chi connectivity index (χ2v) is 5.99. The van der Waals surface area contributed by atoms with Crippen LogP contribution in [0.15, 0.2) is 48.2 Å². The van der Waals surface area contributed by atoms with Crippen LogP contribution >= 0.6 is 0 Å². The van der Waals surface area contributed by atoms with Crippen molar-refractivity contribution in [3.63, 3.8) is 0 Å². The van der Waals surface area contributed by atoms with E-state index < -0.39 is 0 Å². The number of fused-ring (bicyclic) bond motifs is 4. The molecule has 1 aliphatic heterocycles. The van der Waals surface area contributed by atoms with Gasteiger partial charge >= 0.3 is 0 Å². The fourth-order valence-electron chi connectivity index (χ4n) is 2.90. The van der Waals surface area contributed by atoms with Crippen LogP contribution in [0.5, 0.6) is 5.75 Å². The summed E-state index contributed by atoms with van der Waals surface area (Å²) in [6.07, 6.45) is 3.61. The number of ether oxygens (including phenoxy) is 1. The topological polar surface area (TPSA) is 44.1 Å². The molecule has 2 aromatic heterocycles. The fraction of sp³-hybridized carbons (Fsp3) is 0.158. The summed E-state index contributed by atoms with van der Waals surface area (Å²) in [6.45, 7) is 4.25. The van der Waals surface area contributed by atoms with Crippen LogP contribution in [0.2, 0.25) is 0 Å². The van der Waals surface area contributed by atoms with Crippen molar-refractivity contribution >= 4 is 16.8 Å². The van der Waals surface area contributed by atoms with Crippen LogP contribution in [0.25, 0.3) is 22.3 Å². The van der Waals surface area contributed by atoms with Gasteiger partial charge in [-0.25, -0.2) is 9.37 Å². The summed E-state index contributed by atoms with van der Waals surface area (Å²) in [4.78, 5) is 17.3. The van der Waals surface area contributed by atoms with Crippen LogP contribution in [0.1, 0.15) is 24.2 Å². The molecule has 0 unspecified atom stereocenters. The first-order valence-electron chi connectivity index (χ1n) is 7.68. The molecule has 4 rings (SSSR count). The number of carbonyl (C=O) groups excluding carboxylic acids is 1. The van der Waals surface area contributed by atoms with E-state index in [1.165, 1.54) is 12.1 Å². The molecule has 120 valence electrons. The average molecular weight is 322 g/mol. The summed E-state index contributed by atoms with van der Waals surface area (Å²) < 4.78 is 21.2. The predicted molar refractivity (Wildman–Crippen MR) is 89.8 cm³/mol. The van der Waals surface area contributed by atoms with Crippen LogP contribution in [0.3, 0.4) is 0 Å². The first-order chi connectivity index (χ1) is 11.6. The molecule has 0 saturated heterocycles. The molecule has 1 aliphatic rings. The zero-order chi connectivity index (χ0) is 16.8. The average Bonchev–Trinajstić information content (AvgIpc) is 3.11. The van der Waals surface area contributed by atoms with Crippen molar-refractivity contribution in [2.45, 2.75) is 13.8 Å². The van der Waals surface area contributed by atoms with Crippen molar-refractivity contribution in [3.8, 4) is 17.1 Å². The molecule has 24 heavy (non-hydrogen) atoms. The number of aromatic nitrogens is 2. The molecule has 0 bridgehead atoms. The maximum Gasteiger partial charge on any atom is 0.268 e. The van der Waals surface area contributed by atoms with E-state index in [1.807, 2.05) is 26.0 Å². The molecule has 0 amide bonds. The highest BCUT2D eigenvalue weighted by Gasteiger charge is 2.32. The smallest absolute Gasteiger partial charge is 0.268 e. The number of carbonyl (C=O) groups is 1. The molecule has 0 atom stereocenters. The van der Waals surface area contributed by atoms with Gasteiger partial charge in [0.1, 0.15) is 29.4 Å². The zero-order valence-corrected chi connectivity index (χ0v) is 13.3. The highest BCUT2D eigenvalue weighted by molar-refractivity contribution is 6.13. The third-order valence-electron chi connectivity index (χ3n) is 4.04. The largest absolute Gasteiger partial charge is 0.488 e. The summed E-state index contributed by atoms with van der Waals surface area (Å²) >= 11 is 0. The van der Waals surface area contributed by atoms with E-state index in [9.17, 15) is 9.18 Å². The number of allylic oxidation sites excluding steroid dienone is 1. The molecule has 0 N–H and O–H groups in total. The molecule has 0 saturated carbocycles. The second kappa shape index (κ2) is 5.30. The van der Waals surface area contributed by atoms with Gasteiger partial charge < -0.3 is 4.74 Å². The van der Waals surface area contributed by atoms with Crippen molar-refractivity contribution < 1.29 is 13.9 Å². The predicted octanol–water partition coefficient (Wildman–Crippen LogP) is 4.19. The van der Waals surface area contributed by atoms with Crippen molar-refractivity contribution in [1.82, 2.24) is 9.55 Å². The Morgan fingerprint density at radius 1 is 1.33 bits per heavy atom. The summed E-state index contributed by atoms with van der Waals surface area (Å²) in [5.41, 5.74) is 3.41. The number of benzene rings is 1. The van der Waals surface area contributed by atoms with Gasteiger partial charge in [0.05, 0.1) is 11.2 Å². The van der Waals surface area contributed by atoms with Gasteiger partial charge in [-0.2, -0.15) is 0 Å². The maximum atomic E-state index is 13.7. The highest BCUT2D eigenvalue weighted by Crippen LogP contribution is 2.40. The minimum Gasteiger partial charge on any atom is -0.488 e. The molecule has 3 aromatic rings. The number of nitrogens with zero attached hydrogens (tertiary/aromatic N) is 2. The summed E-state index contributed by atoms with van der Waals surface area (Å²) in [6, 6.07) is 7.97. The van der Waals surface area contributed by atoms with E-state index in [0.29, 0.717) is 34.5 Å². The minimum atomic E-state index is -0.388. The Balaban J connectivity index is 1.98. The number of hydrogen-bond donors (Lipinski definition) is 0. The van der Waals surface area contributed by atoms with Crippen LogP contribution < -0.4 is 4.74 Å². The molecule has 1 aromatic carbocycles. The van der Waals surface area contributed by atoms with Crippen molar-refractivity contribution in [3.05, 3.63) is 59.6 Å². The standard InChI is InChI=1S/C19H15FN2O2/c1-11(2)7-9-24-18-13-10-12(20)5-6-14(13)21-17-15-4-3-8-22(15)19(23)16(17)18/h3-8,10H,9H2,1-2H3. The zero-order valence-electron chi connectivity index (χ0n) is 13.3. The summed E-state index contributed by atoms with van der Waals surface area (Å²) in [5.74, 6) is -0.196. The second-order valence-electron chi connectivity index (χ2n) is 5.99. The Bertz CT molecular complexity index is 1010. The van der Waals surface area contributed by atoms with Crippen LogP contribution in [-0.4, -0.2) is 22.1 Å². The quantitative estimate of drug-likeness (QED) is 0.531. The molecule has 0 radical (unpaired) electrons. The van der Waals surface area contributed by atoms with E-state index >= 15 is 0 Å². The van der Waals surface area contributed by atoms with Crippen molar-refractivity contribution in [1.29, 1.82) is 0 Å². The van der Waals surface area contributed by atoms with Gasteiger partial charge in [0.25, 0.3) is 5.91 Å². The van der Waals surface area contributed by atoms with Gasteiger partial charge in [0.15, 0.2) is 0 Å². The Hall–Kier alpha value is -2.95. The molecule has 4 nitrogen and oxygen atoms in total.